The number of carbonyl (C=O) groups excluding carboxylic acids is 1. The number of aromatic nitrogens is 2. The van der Waals surface area contributed by atoms with E-state index in [1.54, 1.807) is 12.3 Å². The molecule has 0 spiro atoms. The standard InChI is InChI=1S/C12H11BrN4O/c1-8-6-11(16-15-8)12(18)17-14-7-9-4-2-3-5-10(9)13/h2-7H,1H3,(H,15,16)(H,17,18)/b14-7-. The summed E-state index contributed by atoms with van der Waals surface area (Å²) in [6.07, 6.45) is 1.57. The highest BCUT2D eigenvalue weighted by Crippen LogP contribution is 2.13. The summed E-state index contributed by atoms with van der Waals surface area (Å²) in [4.78, 5) is 11.6. The maximum Gasteiger partial charge on any atom is 0.291 e. The van der Waals surface area contributed by atoms with Crippen molar-refractivity contribution >= 4 is 28.1 Å². The molecule has 5 nitrogen and oxygen atoms in total. The molecule has 1 heterocycles. The lowest BCUT2D eigenvalue weighted by molar-refractivity contribution is 0.0950. The van der Waals surface area contributed by atoms with Gasteiger partial charge in [0, 0.05) is 15.7 Å². The van der Waals surface area contributed by atoms with Crippen LogP contribution in [0.2, 0.25) is 0 Å². The predicted molar refractivity (Wildman–Crippen MR) is 72.5 cm³/mol. The summed E-state index contributed by atoms with van der Waals surface area (Å²) in [6, 6.07) is 9.25. The number of rotatable bonds is 3. The van der Waals surface area contributed by atoms with Gasteiger partial charge in [0.2, 0.25) is 0 Å². The van der Waals surface area contributed by atoms with Crippen LogP contribution in [0.15, 0.2) is 39.9 Å². The number of hydrazone groups is 1. The van der Waals surface area contributed by atoms with Crippen LogP contribution < -0.4 is 5.43 Å². The third-order valence-corrected chi connectivity index (χ3v) is 2.94. The van der Waals surface area contributed by atoms with Crippen LogP contribution in [0.1, 0.15) is 21.7 Å². The Bertz CT molecular complexity index is 591. The summed E-state index contributed by atoms with van der Waals surface area (Å²) >= 11 is 3.39. The highest BCUT2D eigenvalue weighted by Gasteiger charge is 2.07. The molecule has 6 heteroatoms. The number of carbonyl (C=O) groups is 1. The van der Waals surface area contributed by atoms with Crippen LogP contribution in [0.5, 0.6) is 0 Å². The number of H-pyrrole nitrogens is 1. The first-order chi connectivity index (χ1) is 8.66. The smallest absolute Gasteiger partial charge is 0.282 e. The van der Waals surface area contributed by atoms with Crippen LogP contribution in [0, 0.1) is 6.92 Å². The maximum atomic E-state index is 11.6. The van der Waals surface area contributed by atoms with Crippen molar-refractivity contribution in [3.63, 3.8) is 0 Å². The summed E-state index contributed by atoms with van der Waals surface area (Å²) < 4.78 is 0.915. The van der Waals surface area contributed by atoms with Gasteiger partial charge in [-0.1, -0.05) is 34.1 Å². The van der Waals surface area contributed by atoms with Crippen molar-refractivity contribution in [3.05, 3.63) is 51.8 Å². The Balaban J connectivity index is 2.00. The predicted octanol–water partition coefficient (Wildman–Crippen LogP) is 2.24. The zero-order valence-corrected chi connectivity index (χ0v) is 11.2. The van der Waals surface area contributed by atoms with Crippen molar-refractivity contribution in [2.45, 2.75) is 6.92 Å². The fourth-order valence-corrected chi connectivity index (χ4v) is 1.72. The van der Waals surface area contributed by atoms with Gasteiger partial charge < -0.3 is 0 Å². The first kappa shape index (κ1) is 12.5. The maximum absolute atomic E-state index is 11.6. The molecule has 2 rings (SSSR count). The summed E-state index contributed by atoms with van der Waals surface area (Å²) in [5, 5.41) is 10.4. The van der Waals surface area contributed by atoms with Gasteiger partial charge in [0.05, 0.1) is 6.21 Å². The van der Waals surface area contributed by atoms with E-state index in [1.807, 2.05) is 31.2 Å². The minimum atomic E-state index is -0.345. The number of halogens is 1. The van der Waals surface area contributed by atoms with Crippen molar-refractivity contribution in [2.24, 2.45) is 5.10 Å². The van der Waals surface area contributed by atoms with E-state index in [4.69, 9.17) is 0 Å². The van der Waals surface area contributed by atoms with Crippen LogP contribution >= 0.6 is 15.9 Å². The van der Waals surface area contributed by atoms with Crippen LogP contribution in [-0.4, -0.2) is 22.3 Å². The molecule has 0 bridgehead atoms. The highest BCUT2D eigenvalue weighted by atomic mass is 79.9. The fraction of sp³-hybridized carbons (Fsp3) is 0.0833. The molecule has 0 saturated carbocycles. The molecule has 2 aromatic rings. The van der Waals surface area contributed by atoms with Gasteiger partial charge in [-0.2, -0.15) is 10.2 Å². The minimum absolute atomic E-state index is 0.316. The molecule has 2 N–H and O–H groups in total. The number of nitrogens with zero attached hydrogens (tertiary/aromatic N) is 2. The molecule has 0 aliphatic carbocycles. The molecule has 18 heavy (non-hydrogen) atoms. The van der Waals surface area contributed by atoms with Gasteiger partial charge in [0.25, 0.3) is 5.91 Å². The topological polar surface area (TPSA) is 70.1 Å². The van der Waals surface area contributed by atoms with Crippen LogP contribution in [0.4, 0.5) is 0 Å². The molecular weight excluding hydrogens is 296 g/mol. The van der Waals surface area contributed by atoms with E-state index in [0.717, 1.165) is 15.7 Å². The van der Waals surface area contributed by atoms with Crippen molar-refractivity contribution in [1.82, 2.24) is 15.6 Å². The molecular formula is C12H11BrN4O. The number of nitrogens with one attached hydrogen (secondary N) is 2. The Hall–Kier alpha value is -1.95. The molecule has 0 radical (unpaired) electrons. The van der Waals surface area contributed by atoms with Crippen LogP contribution in [-0.2, 0) is 0 Å². The molecule has 92 valence electrons. The highest BCUT2D eigenvalue weighted by molar-refractivity contribution is 9.10. The van der Waals surface area contributed by atoms with E-state index in [9.17, 15) is 4.79 Å². The van der Waals surface area contributed by atoms with Crippen molar-refractivity contribution in [3.8, 4) is 0 Å². The number of aromatic amines is 1. The number of hydrogen-bond acceptors (Lipinski definition) is 3. The Morgan fingerprint density at radius 2 is 2.28 bits per heavy atom. The summed E-state index contributed by atoms with van der Waals surface area (Å²) in [6.45, 7) is 1.83. The lowest BCUT2D eigenvalue weighted by atomic mass is 10.2. The van der Waals surface area contributed by atoms with E-state index < -0.39 is 0 Å². The zero-order chi connectivity index (χ0) is 13.0. The molecule has 0 aliphatic heterocycles. The molecule has 1 aromatic carbocycles. The van der Waals surface area contributed by atoms with Crippen LogP contribution in [0.3, 0.4) is 0 Å². The average Bonchev–Trinajstić information content (AvgIpc) is 2.78. The van der Waals surface area contributed by atoms with E-state index in [0.29, 0.717) is 5.69 Å². The van der Waals surface area contributed by atoms with Gasteiger partial charge in [-0.25, -0.2) is 5.43 Å². The monoisotopic (exact) mass is 306 g/mol. The second-order valence-electron chi connectivity index (χ2n) is 3.66. The van der Waals surface area contributed by atoms with Gasteiger partial charge in [0.1, 0.15) is 0 Å². The third kappa shape index (κ3) is 3.04. The third-order valence-electron chi connectivity index (χ3n) is 2.21. The van der Waals surface area contributed by atoms with Crippen LogP contribution in [0.25, 0.3) is 0 Å². The summed E-state index contributed by atoms with van der Waals surface area (Å²) in [5.41, 5.74) is 4.45. The van der Waals surface area contributed by atoms with Gasteiger partial charge in [0.15, 0.2) is 5.69 Å². The first-order valence-corrected chi connectivity index (χ1v) is 6.06. The lowest BCUT2D eigenvalue weighted by Crippen LogP contribution is -2.18. The number of amides is 1. The van der Waals surface area contributed by atoms with E-state index in [-0.39, 0.29) is 5.91 Å². The average molecular weight is 307 g/mol. The number of aryl methyl sites for hydroxylation is 1. The molecule has 0 unspecified atom stereocenters. The molecule has 1 amide bonds. The normalized spacial score (nSPS) is 10.8. The van der Waals surface area contributed by atoms with Gasteiger partial charge in [-0.05, 0) is 19.1 Å². The largest absolute Gasteiger partial charge is 0.291 e. The summed E-state index contributed by atoms with van der Waals surface area (Å²) in [7, 11) is 0. The van der Waals surface area contributed by atoms with Gasteiger partial charge >= 0.3 is 0 Å². The minimum Gasteiger partial charge on any atom is -0.282 e. The first-order valence-electron chi connectivity index (χ1n) is 5.27. The Morgan fingerprint density at radius 3 is 2.94 bits per heavy atom. The Labute approximate surface area is 112 Å². The molecule has 0 saturated heterocycles. The van der Waals surface area contributed by atoms with Crippen molar-refractivity contribution in [1.29, 1.82) is 0 Å². The Kier molecular flexibility index (Phi) is 3.88. The zero-order valence-electron chi connectivity index (χ0n) is 9.64. The van der Waals surface area contributed by atoms with E-state index >= 15 is 0 Å². The number of benzene rings is 1. The van der Waals surface area contributed by atoms with Crippen molar-refractivity contribution in [2.75, 3.05) is 0 Å². The second-order valence-corrected chi connectivity index (χ2v) is 4.51. The number of hydrogen-bond donors (Lipinski definition) is 2. The SMILES string of the molecule is Cc1cc(C(=O)N/N=C\c2ccccc2Br)n[nH]1. The summed E-state index contributed by atoms with van der Waals surface area (Å²) in [5.74, 6) is -0.345. The van der Waals surface area contributed by atoms with Crippen molar-refractivity contribution < 1.29 is 4.79 Å². The molecule has 0 atom stereocenters. The van der Waals surface area contributed by atoms with Gasteiger partial charge in [-0.15, -0.1) is 0 Å². The molecule has 1 aromatic heterocycles. The quantitative estimate of drug-likeness (QED) is 0.674. The second kappa shape index (κ2) is 5.59. The molecule has 0 fully saturated rings. The lowest BCUT2D eigenvalue weighted by Gasteiger charge is -1.97. The van der Waals surface area contributed by atoms with Gasteiger partial charge in [-0.3, -0.25) is 9.89 Å². The fourth-order valence-electron chi connectivity index (χ4n) is 1.33. The van der Waals surface area contributed by atoms with E-state index in [2.05, 4.69) is 36.7 Å². The Morgan fingerprint density at radius 1 is 1.50 bits per heavy atom. The molecule has 0 aliphatic rings. The van der Waals surface area contributed by atoms with E-state index in [1.165, 1.54) is 0 Å².